The van der Waals surface area contributed by atoms with E-state index in [9.17, 15) is 4.39 Å². The minimum atomic E-state index is -0.426. The van der Waals surface area contributed by atoms with Crippen LogP contribution < -0.4 is 4.90 Å². The molecule has 0 saturated carbocycles. The Kier molecular flexibility index (Phi) is 4.14. The van der Waals surface area contributed by atoms with Gasteiger partial charge in [-0.1, -0.05) is 6.92 Å². The van der Waals surface area contributed by atoms with E-state index < -0.39 is 5.82 Å². The van der Waals surface area contributed by atoms with Crippen molar-refractivity contribution in [2.75, 3.05) is 25.1 Å². The molecule has 0 spiro atoms. The smallest absolute Gasteiger partial charge is 0.171 e. The Bertz CT molecular complexity index is 414. The van der Waals surface area contributed by atoms with Gasteiger partial charge in [-0.15, -0.1) is 0 Å². The number of aromatic nitrogens is 1. The number of piperidine rings is 1. The zero-order chi connectivity index (χ0) is 13.1. The summed E-state index contributed by atoms with van der Waals surface area (Å²) >= 11 is 0. The molecule has 2 heterocycles. The zero-order valence-electron chi connectivity index (χ0n) is 10.8. The van der Waals surface area contributed by atoms with E-state index in [1.54, 1.807) is 7.11 Å². The number of halogens is 1. The highest BCUT2D eigenvalue weighted by molar-refractivity contribution is 5.43. The maximum absolute atomic E-state index is 14.1. The zero-order valence-corrected chi connectivity index (χ0v) is 10.8. The molecular formula is C13H19FN2O2. The summed E-state index contributed by atoms with van der Waals surface area (Å²) < 4.78 is 19.5. The average Bonchev–Trinajstić information content (AvgIpc) is 2.40. The fourth-order valence-corrected chi connectivity index (χ4v) is 2.35. The molecular weight excluding hydrogens is 235 g/mol. The van der Waals surface area contributed by atoms with Crippen molar-refractivity contribution < 1.29 is 14.2 Å². The van der Waals surface area contributed by atoms with Crippen LogP contribution >= 0.6 is 0 Å². The molecule has 1 N–H and O–H groups in total. The van der Waals surface area contributed by atoms with Gasteiger partial charge in [-0.25, -0.2) is 9.37 Å². The first-order valence-electron chi connectivity index (χ1n) is 6.19. The number of ether oxygens (including phenoxy) is 1. The van der Waals surface area contributed by atoms with Crippen LogP contribution in [0.1, 0.15) is 18.9 Å². The molecule has 1 aliphatic rings. The van der Waals surface area contributed by atoms with Gasteiger partial charge >= 0.3 is 0 Å². The second-order valence-electron chi connectivity index (χ2n) is 4.75. The summed E-state index contributed by atoms with van der Waals surface area (Å²) in [7, 11) is 1.68. The Labute approximate surface area is 106 Å². The van der Waals surface area contributed by atoms with Gasteiger partial charge in [0, 0.05) is 32.0 Å². The van der Waals surface area contributed by atoms with Crippen molar-refractivity contribution in [1.29, 1.82) is 0 Å². The Hall–Kier alpha value is -1.20. The van der Waals surface area contributed by atoms with Crippen molar-refractivity contribution in [2.24, 2.45) is 5.92 Å². The van der Waals surface area contributed by atoms with Gasteiger partial charge in [0.15, 0.2) is 11.6 Å². The number of aliphatic hydroxyl groups excluding tert-OH is 1. The number of nitrogens with zero attached hydrogens (tertiary/aromatic N) is 2. The molecule has 5 heteroatoms. The van der Waals surface area contributed by atoms with Gasteiger partial charge in [0.1, 0.15) is 0 Å². The first kappa shape index (κ1) is 13.2. The number of rotatable bonds is 3. The summed E-state index contributed by atoms with van der Waals surface area (Å²) in [6.45, 7) is 3.23. The van der Waals surface area contributed by atoms with Crippen LogP contribution in [-0.2, 0) is 11.3 Å². The number of hydrogen-bond acceptors (Lipinski definition) is 4. The number of hydrogen-bond donors (Lipinski definition) is 1. The summed E-state index contributed by atoms with van der Waals surface area (Å²) in [6.07, 6.45) is 2.57. The molecule has 2 unspecified atom stereocenters. The van der Waals surface area contributed by atoms with Gasteiger partial charge in [0.2, 0.25) is 0 Å². The standard InChI is InChI=1S/C13H19FN2O2/c1-9-4-6-16(7-11(9)18-2)13-12(14)10(8-17)3-5-15-13/h3,5,9,11,17H,4,6-8H2,1-2H3. The lowest BCUT2D eigenvalue weighted by Crippen LogP contribution is -2.44. The van der Waals surface area contributed by atoms with Crippen molar-refractivity contribution in [3.05, 3.63) is 23.6 Å². The molecule has 2 rings (SSSR count). The van der Waals surface area contributed by atoms with Crippen LogP contribution in [0, 0.1) is 11.7 Å². The van der Waals surface area contributed by atoms with Crippen LogP contribution in [0.3, 0.4) is 0 Å². The molecule has 0 bridgehead atoms. The van der Waals surface area contributed by atoms with Crippen LogP contribution in [0.5, 0.6) is 0 Å². The normalized spacial score (nSPS) is 24.3. The Balaban J connectivity index is 2.21. The van der Waals surface area contributed by atoms with Crippen LogP contribution in [-0.4, -0.2) is 36.4 Å². The average molecular weight is 254 g/mol. The minimum Gasteiger partial charge on any atom is -0.392 e. The summed E-state index contributed by atoms with van der Waals surface area (Å²) in [5, 5.41) is 9.07. The molecule has 18 heavy (non-hydrogen) atoms. The molecule has 1 aliphatic heterocycles. The topological polar surface area (TPSA) is 45.6 Å². The highest BCUT2D eigenvalue weighted by Crippen LogP contribution is 2.26. The molecule has 4 nitrogen and oxygen atoms in total. The summed E-state index contributed by atoms with van der Waals surface area (Å²) in [5.74, 6) is 0.357. The summed E-state index contributed by atoms with van der Waals surface area (Å²) in [6, 6.07) is 1.50. The van der Waals surface area contributed by atoms with Gasteiger partial charge in [-0.2, -0.15) is 0 Å². The first-order valence-corrected chi connectivity index (χ1v) is 6.19. The summed E-state index contributed by atoms with van der Waals surface area (Å²) in [5.41, 5.74) is 0.285. The number of aliphatic hydroxyl groups is 1. The van der Waals surface area contributed by atoms with E-state index in [0.717, 1.165) is 13.0 Å². The minimum absolute atomic E-state index is 0.0951. The largest absolute Gasteiger partial charge is 0.392 e. The first-order chi connectivity index (χ1) is 8.67. The molecule has 100 valence electrons. The Morgan fingerprint density at radius 2 is 2.39 bits per heavy atom. The molecule has 0 aromatic carbocycles. The van der Waals surface area contributed by atoms with E-state index in [1.165, 1.54) is 12.3 Å². The van der Waals surface area contributed by atoms with E-state index in [1.807, 2.05) is 4.90 Å². The van der Waals surface area contributed by atoms with E-state index in [2.05, 4.69) is 11.9 Å². The lowest BCUT2D eigenvalue weighted by molar-refractivity contribution is 0.0494. The molecule has 1 fully saturated rings. The predicted octanol–water partition coefficient (Wildman–Crippen LogP) is 1.57. The molecule has 0 aliphatic carbocycles. The van der Waals surface area contributed by atoms with Crippen molar-refractivity contribution in [3.8, 4) is 0 Å². The van der Waals surface area contributed by atoms with Crippen LogP contribution in [0.2, 0.25) is 0 Å². The molecule has 1 saturated heterocycles. The molecule has 1 aromatic rings. The van der Waals surface area contributed by atoms with Gasteiger partial charge in [0.05, 0.1) is 12.7 Å². The molecule has 1 aromatic heterocycles. The van der Waals surface area contributed by atoms with E-state index in [-0.39, 0.29) is 18.3 Å². The second-order valence-corrected chi connectivity index (χ2v) is 4.75. The van der Waals surface area contributed by atoms with E-state index in [0.29, 0.717) is 18.3 Å². The van der Waals surface area contributed by atoms with Gasteiger partial charge < -0.3 is 14.7 Å². The summed E-state index contributed by atoms with van der Waals surface area (Å²) in [4.78, 5) is 5.98. The third-order valence-corrected chi connectivity index (χ3v) is 3.61. The Morgan fingerprint density at radius 3 is 3.06 bits per heavy atom. The Morgan fingerprint density at radius 1 is 1.61 bits per heavy atom. The van der Waals surface area contributed by atoms with Crippen LogP contribution in [0.4, 0.5) is 10.2 Å². The number of pyridine rings is 1. The predicted molar refractivity (Wildman–Crippen MR) is 66.9 cm³/mol. The van der Waals surface area contributed by atoms with Crippen molar-refractivity contribution >= 4 is 5.82 Å². The lowest BCUT2D eigenvalue weighted by atomic mass is 9.96. The fourth-order valence-electron chi connectivity index (χ4n) is 2.35. The molecule has 2 atom stereocenters. The monoisotopic (exact) mass is 254 g/mol. The van der Waals surface area contributed by atoms with E-state index >= 15 is 0 Å². The highest BCUT2D eigenvalue weighted by Gasteiger charge is 2.28. The number of methoxy groups -OCH3 is 1. The van der Waals surface area contributed by atoms with Gasteiger partial charge in [-0.3, -0.25) is 0 Å². The maximum atomic E-state index is 14.1. The van der Waals surface area contributed by atoms with Crippen molar-refractivity contribution in [2.45, 2.75) is 26.1 Å². The van der Waals surface area contributed by atoms with Crippen molar-refractivity contribution in [3.63, 3.8) is 0 Å². The fraction of sp³-hybridized carbons (Fsp3) is 0.615. The van der Waals surface area contributed by atoms with Crippen LogP contribution in [0.25, 0.3) is 0 Å². The second kappa shape index (κ2) is 5.63. The van der Waals surface area contributed by atoms with Crippen molar-refractivity contribution in [1.82, 2.24) is 4.98 Å². The molecule has 0 radical (unpaired) electrons. The lowest BCUT2D eigenvalue weighted by Gasteiger charge is -2.37. The van der Waals surface area contributed by atoms with E-state index in [4.69, 9.17) is 9.84 Å². The SMILES string of the molecule is COC1CN(c2nccc(CO)c2F)CCC1C. The quantitative estimate of drug-likeness (QED) is 0.889. The highest BCUT2D eigenvalue weighted by atomic mass is 19.1. The third-order valence-electron chi connectivity index (χ3n) is 3.61. The van der Waals surface area contributed by atoms with Crippen LogP contribution in [0.15, 0.2) is 12.3 Å². The number of anilines is 1. The van der Waals surface area contributed by atoms with Gasteiger partial charge in [-0.05, 0) is 18.4 Å². The van der Waals surface area contributed by atoms with Gasteiger partial charge in [0.25, 0.3) is 0 Å². The molecule has 0 amide bonds. The maximum Gasteiger partial charge on any atom is 0.171 e. The third kappa shape index (κ3) is 2.47.